The van der Waals surface area contributed by atoms with Crippen LogP contribution < -0.4 is 21.3 Å². The second-order valence-electron chi connectivity index (χ2n) is 6.62. The molecule has 7 heteroatoms. The molecule has 0 bridgehead atoms. The molecule has 27 heavy (non-hydrogen) atoms. The van der Waals surface area contributed by atoms with E-state index in [0.717, 1.165) is 0 Å². The zero-order valence-electron chi connectivity index (χ0n) is 15.0. The summed E-state index contributed by atoms with van der Waals surface area (Å²) in [4.78, 5) is 36.1. The molecule has 7 nitrogen and oxygen atoms in total. The number of carbonyl (C=O) groups excluding carboxylic acids is 3. The van der Waals surface area contributed by atoms with Gasteiger partial charge >= 0.3 is 6.03 Å². The van der Waals surface area contributed by atoms with Gasteiger partial charge in [0.2, 0.25) is 11.8 Å². The van der Waals surface area contributed by atoms with Crippen molar-refractivity contribution in [3.05, 3.63) is 54.6 Å². The Kier molecular flexibility index (Phi) is 5.71. The maximum absolute atomic E-state index is 12.4. The molecule has 1 aliphatic rings. The lowest BCUT2D eigenvalue weighted by Crippen LogP contribution is -2.44. The lowest BCUT2D eigenvalue weighted by molar-refractivity contribution is -0.130. The summed E-state index contributed by atoms with van der Waals surface area (Å²) < 4.78 is 0. The van der Waals surface area contributed by atoms with Gasteiger partial charge in [-0.05, 0) is 43.7 Å². The van der Waals surface area contributed by atoms with Crippen LogP contribution in [-0.2, 0) is 9.59 Å². The van der Waals surface area contributed by atoms with Crippen molar-refractivity contribution in [2.75, 3.05) is 16.0 Å². The molecule has 4 amide bonds. The summed E-state index contributed by atoms with van der Waals surface area (Å²) >= 11 is 0. The maximum Gasteiger partial charge on any atom is 0.323 e. The molecule has 1 fully saturated rings. The van der Waals surface area contributed by atoms with E-state index in [4.69, 9.17) is 0 Å². The Morgan fingerprint density at radius 2 is 1.56 bits per heavy atom. The van der Waals surface area contributed by atoms with Gasteiger partial charge in [-0.15, -0.1) is 0 Å². The number of benzene rings is 2. The summed E-state index contributed by atoms with van der Waals surface area (Å²) in [6.07, 6.45) is 0.794. The van der Waals surface area contributed by atoms with Crippen molar-refractivity contribution in [3.8, 4) is 0 Å². The molecule has 0 spiro atoms. The molecule has 2 aromatic rings. The Balaban J connectivity index is 1.59. The normalized spacial score (nSPS) is 18.9. The number of nitrogens with one attached hydrogen (secondary N) is 4. The molecular formula is C20H22N4O3. The molecule has 2 aromatic carbocycles. The second kappa shape index (κ2) is 8.35. The maximum atomic E-state index is 12.4. The predicted molar refractivity (Wildman–Crippen MR) is 104 cm³/mol. The van der Waals surface area contributed by atoms with Gasteiger partial charge in [-0.2, -0.15) is 0 Å². The van der Waals surface area contributed by atoms with Crippen molar-refractivity contribution < 1.29 is 14.4 Å². The Morgan fingerprint density at radius 1 is 0.926 bits per heavy atom. The number of hydrogen-bond donors (Lipinski definition) is 4. The third-order valence-electron chi connectivity index (χ3n) is 4.27. The largest absolute Gasteiger partial charge is 0.354 e. The lowest BCUT2D eigenvalue weighted by atomic mass is 9.92. The van der Waals surface area contributed by atoms with Crippen LogP contribution in [0.1, 0.15) is 19.8 Å². The second-order valence-corrected chi connectivity index (χ2v) is 6.62. The van der Waals surface area contributed by atoms with Crippen LogP contribution in [0.25, 0.3) is 0 Å². The lowest BCUT2D eigenvalue weighted by Gasteiger charge is -2.26. The highest BCUT2D eigenvalue weighted by Crippen LogP contribution is 2.21. The van der Waals surface area contributed by atoms with Gasteiger partial charge in [-0.1, -0.05) is 24.3 Å². The molecule has 0 aliphatic carbocycles. The van der Waals surface area contributed by atoms with E-state index in [0.29, 0.717) is 23.5 Å². The number of carbonyl (C=O) groups is 3. The fourth-order valence-electron chi connectivity index (χ4n) is 3.06. The van der Waals surface area contributed by atoms with Crippen molar-refractivity contribution in [1.82, 2.24) is 5.32 Å². The Hall–Kier alpha value is -3.35. The number of rotatable bonds is 4. The highest BCUT2D eigenvalue weighted by Gasteiger charge is 2.29. The van der Waals surface area contributed by atoms with E-state index in [1.54, 1.807) is 36.4 Å². The van der Waals surface area contributed by atoms with Gasteiger partial charge in [0.25, 0.3) is 0 Å². The van der Waals surface area contributed by atoms with E-state index < -0.39 is 0 Å². The van der Waals surface area contributed by atoms with Crippen molar-refractivity contribution >= 4 is 34.9 Å². The summed E-state index contributed by atoms with van der Waals surface area (Å²) in [7, 11) is 0. The van der Waals surface area contributed by atoms with Crippen LogP contribution in [0, 0.1) is 5.92 Å². The van der Waals surface area contributed by atoms with Crippen molar-refractivity contribution in [1.29, 1.82) is 0 Å². The van der Waals surface area contributed by atoms with Crippen molar-refractivity contribution in [2.45, 2.75) is 25.8 Å². The fraction of sp³-hybridized carbons (Fsp3) is 0.250. The van der Waals surface area contributed by atoms with Crippen LogP contribution in [-0.4, -0.2) is 23.9 Å². The number of para-hydroxylation sites is 1. The molecule has 1 saturated heterocycles. The molecule has 1 heterocycles. The number of anilines is 3. The molecule has 3 rings (SSSR count). The van der Waals surface area contributed by atoms with E-state index in [1.165, 1.54) is 0 Å². The average Bonchev–Trinajstić information content (AvgIpc) is 2.62. The van der Waals surface area contributed by atoms with Gasteiger partial charge in [0.05, 0.1) is 0 Å². The summed E-state index contributed by atoms with van der Waals surface area (Å²) in [6, 6.07) is 15.6. The van der Waals surface area contributed by atoms with Gasteiger partial charge in [0.15, 0.2) is 0 Å². The third kappa shape index (κ3) is 5.31. The van der Waals surface area contributed by atoms with Crippen LogP contribution in [0.4, 0.5) is 21.9 Å². The van der Waals surface area contributed by atoms with Crippen molar-refractivity contribution in [2.24, 2.45) is 5.92 Å². The van der Waals surface area contributed by atoms with Gasteiger partial charge in [-0.25, -0.2) is 4.79 Å². The minimum absolute atomic E-state index is 0.0170. The number of amides is 4. The van der Waals surface area contributed by atoms with Gasteiger partial charge < -0.3 is 21.3 Å². The standard InChI is InChI=1S/C20H22N4O3/c1-13-10-14(11-18(25)21-13)19(26)22-16-8-5-9-17(12-16)24-20(27)23-15-6-3-2-4-7-15/h2-9,12-14H,10-11H2,1H3,(H,21,25)(H,22,26)(H2,23,24,27). The average molecular weight is 366 g/mol. The van der Waals surface area contributed by atoms with E-state index in [9.17, 15) is 14.4 Å². The summed E-state index contributed by atoms with van der Waals surface area (Å²) in [5.74, 6) is -0.656. The first-order chi connectivity index (χ1) is 13.0. The summed E-state index contributed by atoms with van der Waals surface area (Å²) in [6.45, 7) is 1.88. The third-order valence-corrected chi connectivity index (χ3v) is 4.27. The minimum Gasteiger partial charge on any atom is -0.354 e. The topological polar surface area (TPSA) is 99.3 Å². The number of hydrogen-bond acceptors (Lipinski definition) is 3. The smallest absolute Gasteiger partial charge is 0.323 e. The molecule has 2 atom stereocenters. The summed E-state index contributed by atoms with van der Waals surface area (Å²) in [5.41, 5.74) is 1.80. The first-order valence-corrected chi connectivity index (χ1v) is 8.83. The van der Waals surface area contributed by atoms with Crippen molar-refractivity contribution in [3.63, 3.8) is 0 Å². The van der Waals surface area contributed by atoms with E-state index in [2.05, 4.69) is 21.3 Å². The van der Waals surface area contributed by atoms with Crippen LogP contribution in [0.2, 0.25) is 0 Å². The molecule has 0 radical (unpaired) electrons. The zero-order valence-corrected chi connectivity index (χ0v) is 15.0. The Bertz CT molecular complexity index is 838. The first kappa shape index (κ1) is 18.4. The predicted octanol–water partition coefficient (Wildman–Crippen LogP) is 3.18. The molecule has 0 saturated carbocycles. The molecule has 2 unspecified atom stereocenters. The fourth-order valence-corrected chi connectivity index (χ4v) is 3.06. The molecule has 4 N–H and O–H groups in total. The highest BCUT2D eigenvalue weighted by atomic mass is 16.2. The molecule has 0 aromatic heterocycles. The monoisotopic (exact) mass is 366 g/mol. The summed E-state index contributed by atoms with van der Waals surface area (Å²) in [5, 5.41) is 11.1. The highest BCUT2D eigenvalue weighted by molar-refractivity contribution is 6.01. The van der Waals surface area contributed by atoms with E-state index in [-0.39, 0.29) is 36.2 Å². The minimum atomic E-state index is -0.373. The van der Waals surface area contributed by atoms with Gasteiger partial charge in [0.1, 0.15) is 0 Å². The number of piperidine rings is 1. The van der Waals surface area contributed by atoms with Crippen LogP contribution in [0.5, 0.6) is 0 Å². The molecule has 1 aliphatic heterocycles. The SMILES string of the molecule is CC1CC(C(=O)Nc2cccc(NC(=O)Nc3ccccc3)c2)CC(=O)N1. The Labute approximate surface area is 157 Å². The first-order valence-electron chi connectivity index (χ1n) is 8.83. The molecule has 140 valence electrons. The zero-order chi connectivity index (χ0) is 19.2. The quantitative estimate of drug-likeness (QED) is 0.669. The van der Waals surface area contributed by atoms with Crippen LogP contribution in [0.15, 0.2) is 54.6 Å². The van der Waals surface area contributed by atoms with Crippen LogP contribution in [0.3, 0.4) is 0 Å². The van der Waals surface area contributed by atoms with Crippen LogP contribution >= 0.6 is 0 Å². The van der Waals surface area contributed by atoms with E-state index >= 15 is 0 Å². The molecular weight excluding hydrogens is 344 g/mol. The van der Waals surface area contributed by atoms with E-state index in [1.807, 2.05) is 25.1 Å². The Morgan fingerprint density at radius 3 is 2.26 bits per heavy atom. The van der Waals surface area contributed by atoms with Gasteiger partial charge in [-0.3, -0.25) is 9.59 Å². The number of urea groups is 1. The van der Waals surface area contributed by atoms with Gasteiger partial charge in [0, 0.05) is 35.4 Å².